The third-order valence-electron chi connectivity index (χ3n) is 3.89. The van der Waals surface area contributed by atoms with Crippen LogP contribution in [0, 0.1) is 5.92 Å². The van der Waals surface area contributed by atoms with Gasteiger partial charge in [-0.05, 0) is 18.8 Å². The summed E-state index contributed by atoms with van der Waals surface area (Å²) in [5.74, 6) is 1.96. The van der Waals surface area contributed by atoms with Crippen molar-refractivity contribution in [2.45, 2.75) is 58.4 Å². The largest absolute Gasteiger partial charge is 0.408 e. The van der Waals surface area contributed by atoms with Crippen molar-refractivity contribution in [2.24, 2.45) is 5.92 Å². The summed E-state index contributed by atoms with van der Waals surface area (Å²) in [4.78, 5) is 4.58. The summed E-state index contributed by atoms with van der Waals surface area (Å²) in [5, 5.41) is 14.6. The van der Waals surface area contributed by atoms with E-state index in [1.165, 1.54) is 30.7 Å². The van der Waals surface area contributed by atoms with Gasteiger partial charge in [0.15, 0.2) is 0 Å². The highest BCUT2D eigenvalue weighted by Crippen LogP contribution is 2.28. The molecule has 1 fully saturated rings. The van der Waals surface area contributed by atoms with E-state index in [2.05, 4.69) is 39.7 Å². The van der Waals surface area contributed by atoms with E-state index in [9.17, 15) is 0 Å². The summed E-state index contributed by atoms with van der Waals surface area (Å²) in [6.45, 7) is 4.95. The van der Waals surface area contributed by atoms with Crippen LogP contribution in [0.25, 0.3) is 0 Å². The highest BCUT2D eigenvalue weighted by atomic mass is 32.1. The molecule has 0 amide bonds. The Morgan fingerprint density at radius 2 is 2.14 bits per heavy atom. The standard InChI is InChI=1S/C15H22N4OS/c1-10(2)14-17-12(9-21-14)8-16-15-19-18-13(20-15)7-11-5-3-4-6-11/h9-11H,3-8H2,1-2H3,(H,16,19). The van der Waals surface area contributed by atoms with Gasteiger partial charge in [0.25, 0.3) is 0 Å². The van der Waals surface area contributed by atoms with Gasteiger partial charge in [-0.25, -0.2) is 4.98 Å². The zero-order valence-electron chi connectivity index (χ0n) is 12.6. The van der Waals surface area contributed by atoms with E-state index < -0.39 is 0 Å². The Hall–Kier alpha value is -1.43. The van der Waals surface area contributed by atoms with Crippen LogP contribution in [0.1, 0.15) is 62.0 Å². The lowest BCUT2D eigenvalue weighted by Gasteiger charge is -2.03. The third kappa shape index (κ3) is 3.81. The fraction of sp³-hybridized carbons (Fsp3) is 0.667. The number of nitrogens with one attached hydrogen (secondary N) is 1. The molecule has 1 aliphatic carbocycles. The van der Waals surface area contributed by atoms with Crippen LogP contribution in [-0.2, 0) is 13.0 Å². The zero-order chi connectivity index (χ0) is 14.7. The van der Waals surface area contributed by atoms with E-state index in [0.717, 1.165) is 23.9 Å². The number of nitrogens with zero attached hydrogens (tertiary/aromatic N) is 3. The van der Waals surface area contributed by atoms with Gasteiger partial charge in [0.2, 0.25) is 5.89 Å². The molecule has 0 saturated heterocycles. The first-order valence-electron chi connectivity index (χ1n) is 7.71. The predicted octanol–water partition coefficient (Wildman–Crippen LogP) is 3.99. The molecule has 1 saturated carbocycles. The summed E-state index contributed by atoms with van der Waals surface area (Å²) >= 11 is 1.70. The topological polar surface area (TPSA) is 63.8 Å². The number of anilines is 1. The molecule has 2 heterocycles. The monoisotopic (exact) mass is 306 g/mol. The van der Waals surface area contributed by atoms with Crippen molar-refractivity contribution in [2.75, 3.05) is 5.32 Å². The molecule has 0 unspecified atom stereocenters. The van der Waals surface area contributed by atoms with Crippen molar-refractivity contribution in [3.63, 3.8) is 0 Å². The molecule has 1 aliphatic rings. The molecular formula is C15H22N4OS. The van der Waals surface area contributed by atoms with Gasteiger partial charge in [-0.3, -0.25) is 0 Å². The van der Waals surface area contributed by atoms with Gasteiger partial charge in [0.05, 0.1) is 17.2 Å². The third-order valence-corrected chi connectivity index (χ3v) is 5.08. The average Bonchev–Trinajstić information content (AvgIpc) is 3.18. The van der Waals surface area contributed by atoms with Crippen LogP contribution >= 0.6 is 11.3 Å². The lowest BCUT2D eigenvalue weighted by atomic mass is 10.0. The minimum absolute atomic E-state index is 0.477. The second-order valence-corrected chi connectivity index (χ2v) is 6.93. The molecule has 2 aromatic rings. The average molecular weight is 306 g/mol. The van der Waals surface area contributed by atoms with Crippen LogP contribution < -0.4 is 5.32 Å². The molecule has 114 valence electrons. The molecule has 0 aliphatic heterocycles. The summed E-state index contributed by atoms with van der Waals surface area (Å²) in [7, 11) is 0. The quantitative estimate of drug-likeness (QED) is 0.874. The normalized spacial score (nSPS) is 16.0. The molecule has 0 radical (unpaired) electrons. The SMILES string of the molecule is CC(C)c1nc(CNc2nnc(CC3CCCC3)o2)cs1. The highest BCUT2D eigenvalue weighted by Gasteiger charge is 2.18. The van der Waals surface area contributed by atoms with Crippen LogP contribution in [0.3, 0.4) is 0 Å². The summed E-state index contributed by atoms with van der Waals surface area (Å²) in [6, 6.07) is 0.502. The van der Waals surface area contributed by atoms with Gasteiger partial charge < -0.3 is 9.73 Å². The van der Waals surface area contributed by atoms with Crippen molar-refractivity contribution in [1.82, 2.24) is 15.2 Å². The second-order valence-electron chi connectivity index (χ2n) is 6.04. The van der Waals surface area contributed by atoms with Crippen molar-refractivity contribution in [3.8, 4) is 0 Å². The number of hydrogen-bond acceptors (Lipinski definition) is 6. The molecular weight excluding hydrogens is 284 g/mol. The highest BCUT2D eigenvalue weighted by molar-refractivity contribution is 7.09. The Morgan fingerprint density at radius 3 is 2.86 bits per heavy atom. The van der Waals surface area contributed by atoms with Gasteiger partial charge in [-0.15, -0.1) is 16.4 Å². The van der Waals surface area contributed by atoms with E-state index in [-0.39, 0.29) is 0 Å². The first-order chi connectivity index (χ1) is 10.2. The smallest absolute Gasteiger partial charge is 0.315 e. The maximum Gasteiger partial charge on any atom is 0.315 e. The lowest BCUT2D eigenvalue weighted by Crippen LogP contribution is -2.00. The Morgan fingerprint density at radius 1 is 1.33 bits per heavy atom. The van der Waals surface area contributed by atoms with Crippen molar-refractivity contribution in [1.29, 1.82) is 0 Å². The van der Waals surface area contributed by atoms with Crippen LogP contribution in [0.2, 0.25) is 0 Å². The van der Waals surface area contributed by atoms with Crippen molar-refractivity contribution in [3.05, 3.63) is 22.0 Å². The minimum atomic E-state index is 0.477. The molecule has 0 aromatic carbocycles. The number of hydrogen-bond donors (Lipinski definition) is 1. The fourth-order valence-electron chi connectivity index (χ4n) is 2.70. The van der Waals surface area contributed by atoms with Gasteiger partial charge in [-0.1, -0.05) is 31.8 Å². The second kappa shape index (κ2) is 6.56. The molecule has 3 rings (SSSR count). The molecule has 0 bridgehead atoms. The van der Waals surface area contributed by atoms with E-state index >= 15 is 0 Å². The molecule has 5 nitrogen and oxygen atoms in total. The maximum atomic E-state index is 5.66. The number of thiazole rings is 1. The van der Waals surface area contributed by atoms with Crippen LogP contribution in [0.15, 0.2) is 9.80 Å². The van der Waals surface area contributed by atoms with Gasteiger partial charge in [0.1, 0.15) is 0 Å². The molecule has 6 heteroatoms. The van der Waals surface area contributed by atoms with Crippen molar-refractivity contribution < 1.29 is 4.42 Å². The van der Waals surface area contributed by atoms with Crippen molar-refractivity contribution >= 4 is 17.4 Å². The van der Waals surface area contributed by atoms with Crippen LogP contribution in [0.5, 0.6) is 0 Å². The van der Waals surface area contributed by atoms with E-state index in [1.54, 1.807) is 11.3 Å². The summed E-state index contributed by atoms with van der Waals surface area (Å²) in [5.41, 5.74) is 1.03. The number of rotatable bonds is 6. The summed E-state index contributed by atoms with van der Waals surface area (Å²) in [6.07, 6.45) is 6.19. The van der Waals surface area contributed by atoms with Gasteiger partial charge >= 0.3 is 6.01 Å². The Bertz CT molecular complexity index is 572. The minimum Gasteiger partial charge on any atom is -0.408 e. The lowest BCUT2D eigenvalue weighted by molar-refractivity contribution is 0.437. The predicted molar refractivity (Wildman–Crippen MR) is 83.5 cm³/mol. The molecule has 0 atom stereocenters. The first-order valence-corrected chi connectivity index (χ1v) is 8.59. The number of aromatic nitrogens is 3. The van der Waals surface area contributed by atoms with E-state index in [1.807, 2.05) is 0 Å². The first kappa shape index (κ1) is 14.5. The Kier molecular flexibility index (Phi) is 4.53. The zero-order valence-corrected chi connectivity index (χ0v) is 13.4. The van der Waals surface area contributed by atoms with Crippen LogP contribution in [-0.4, -0.2) is 15.2 Å². The summed E-state index contributed by atoms with van der Waals surface area (Å²) < 4.78 is 5.66. The van der Waals surface area contributed by atoms with E-state index in [0.29, 0.717) is 18.5 Å². The van der Waals surface area contributed by atoms with E-state index in [4.69, 9.17) is 4.42 Å². The fourth-order valence-corrected chi connectivity index (χ4v) is 3.54. The molecule has 2 aromatic heterocycles. The molecule has 1 N–H and O–H groups in total. The molecule has 0 spiro atoms. The maximum absolute atomic E-state index is 5.66. The van der Waals surface area contributed by atoms with Gasteiger partial charge in [0, 0.05) is 17.7 Å². The molecule has 21 heavy (non-hydrogen) atoms. The Balaban J connectivity index is 1.51. The van der Waals surface area contributed by atoms with Crippen LogP contribution in [0.4, 0.5) is 6.01 Å². The Labute approximate surface area is 129 Å². The van der Waals surface area contributed by atoms with Gasteiger partial charge in [-0.2, -0.15) is 0 Å².